The van der Waals surface area contributed by atoms with Crippen molar-refractivity contribution in [1.29, 1.82) is 0 Å². The molecule has 1 aliphatic rings. The van der Waals surface area contributed by atoms with Crippen LogP contribution in [-0.2, 0) is 6.18 Å². The van der Waals surface area contributed by atoms with Crippen LogP contribution in [0.2, 0.25) is 0 Å². The van der Waals surface area contributed by atoms with Crippen molar-refractivity contribution in [3.05, 3.63) is 83.7 Å². The van der Waals surface area contributed by atoms with E-state index in [1.54, 1.807) is 0 Å². The number of amides is 2. The molecule has 2 heterocycles. The van der Waals surface area contributed by atoms with Gasteiger partial charge in [0.05, 0.1) is 23.7 Å². The van der Waals surface area contributed by atoms with E-state index >= 15 is 0 Å². The summed E-state index contributed by atoms with van der Waals surface area (Å²) in [6, 6.07) is 8.63. The van der Waals surface area contributed by atoms with Gasteiger partial charge in [-0.1, -0.05) is 12.1 Å². The van der Waals surface area contributed by atoms with Crippen molar-refractivity contribution < 1.29 is 40.3 Å². The molecule has 14 heteroatoms. The number of rotatable bonds is 4. The van der Waals surface area contributed by atoms with Crippen molar-refractivity contribution in [1.82, 2.24) is 15.0 Å². The molecular formula is C22H14F7N5O2. The largest absolute Gasteiger partial charge is 0.573 e. The number of urea groups is 1. The van der Waals surface area contributed by atoms with E-state index in [2.05, 4.69) is 25.1 Å². The first-order valence-electron chi connectivity index (χ1n) is 10.1. The summed E-state index contributed by atoms with van der Waals surface area (Å²) in [4.78, 5) is 20.3. The van der Waals surface area contributed by atoms with Gasteiger partial charge in [-0.2, -0.15) is 18.3 Å². The molecule has 0 bridgehead atoms. The van der Waals surface area contributed by atoms with Gasteiger partial charge in [-0.3, -0.25) is 0 Å². The number of nitrogens with one attached hydrogen (secondary N) is 1. The number of nitrogens with zero attached hydrogens (tertiary/aromatic N) is 4. The molecule has 2 amide bonds. The Bertz CT molecular complexity index is 1260. The van der Waals surface area contributed by atoms with Crippen LogP contribution in [0.5, 0.6) is 5.75 Å². The number of hydrogen-bond acceptors (Lipinski definition) is 5. The maximum atomic E-state index is 13.4. The van der Waals surface area contributed by atoms with E-state index in [-0.39, 0.29) is 23.8 Å². The van der Waals surface area contributed by atoms with Crippen LogP contribution in [0.25, 0.3) is 0 Å². The van der Waals surface area contributed by atoms with Gasteiger partial charge in [0.1, 0.15) is 17.4 Å². The Morgan fingerprint density at radius 3 is 2.11 bits per heavy atom. The highest BCUT2D eigenvalue weighted by atomic mass is 19.4. The summed E-state index contributed by atoms with van der Waals surface area (Å²) in [5, 5.41) is 7.63. The molecule has 0 aliphatic carbocycles. The van der Waals surface area contributed by atoms with Gasteiger partial charge in [0.15, 0.2) is 0 Å². The Kier molecular flexibility index (Phi) is 6.52. The summed E-state index contributed by atoms with van der Waals surface area (Å²) in [7, 11) is 0. The van der Waals surface area contributed by atoms with Crippen molar-refractivity contribution in [3.63, 3.8) is 0 Å². The van der Waals surface area contributed by atoms with Crippen LogP contribution < -0.4 is 10.1 Å². The molecule has 0 fully saturated rings. The monoisotopic (exact) mass is 513 g/mol. The topological polar surface area (TPSA) is 79.7 Å². The van der Waals surface area contributed by atoms with E-state index in [1.165, 1.54) is 24.3 Å². The summed E-state index contributed by atoms with van der Waals surface area (Å²) in [5.41, 5.74) is -0.341. The lowest BCUT2D eigenvalue weighted by Gasteiger charge is -2.15. The van der Waals surface area contributed by atoms with Gasteiger partial charge in [0.25, 0.3) is 0 Å². The molecule has 1 aliphatic heterocycles. The van der Waals surface area contributed by atoms with Gasteiger partial charge in [-0.15, -0.1) is 13.2 Å². The van der Waals surface area contributed by atoms with Crippen molar-refractivity contribution in [2.24, 2.45) is 5.10 Å². The minimum Gasteiger partial charge on any atom is -0.406 e. The third-order valence-electron chi connectivity index (χ3n) is 4.94. The predicted molar refractivity (Wildman–Crippen MR) is 112 cm³/mol. The van der Waals surface area contributed by atoms with Crippen molar-refractivity contribution >= 4 is 17.4 Å². The standard InChI is InChI=1S/C22H14F7N5O2/c23-14-3-1-12(2-4-14)18-17(19-30-9-13(10-31-19)21(24,25)26)11-34(33-18)20(35)32-15-5-7-16(8-6-15)36-22(27,28)29/h1-10,17H,11H2,(H,32,35). The highest BCUT2D eigenvalue weighted by Crippen LogP contribution is 2.31. The number of hydrogen-bond donors (Lipinski definition) is 1. The van der Waals surface area contributed by atoms with E-state index in [1.807, 2.05) is 0 Å². The molecule has 0 saturated heterocycles. The van der Waals surface area contributed by atoms with E-state index in [9.17, 15) is 35.5 Å². The van der Waals surface area contributed by atoms with Gasteiger partial charge in [0.2, 0.25) is 0 Å². The summed E-state index contributed by atoms with van der Waals surface area (Å²) >= 11 is 0. The van der Waals surface area contributed by atoms with Crippen molar-refractivity contribution in [2.75, 3.05) is 11.9 Å². The fourth-order valence-electron chi connectivity index (χ4n) is 3.30. The molecule has 1 N–H and O–H groups in total. The zero-order valence-corrected chi connectivity index (χ0v) is 17.8. The molecule has 7 nitrogen and oxygen atoms in total. The number of anilines is 1. The molecule has 0 spiro atoms. The maximum Gasteiger partial charge on any atom is 0.573 e. The Labute approximate surface area is 198 Å². The number of aromatic nitrogens is 2. The molecule has 0 radical (unpaired) electrons. The number of alkyl halides is 6. The second-order valence-corrected chi connectivity index (χ2v) is 7.46. The number of benzene rings is 2. The Balaban J connectivity index is 1.56. The molecule has 1 aromatic heterocycles. The lowest BCUT2D eigenvalue weighted by Crippen LogP contribution is -2.30. The third kappa shape index (κ3) is 5.87. The summed E-state index contributed by atoms with van der Waals surface area (Å²) in [5.74, 6) is -1.91. The van der Waals surface area contributed by atoms with E-state index < -0.39 is 41.6 Å². The minimum atomic E-state index is -4.87. The second-order valence-electron chi connectivity index (χ2n) is 7.46. The summed E-state index contributed by atoms with van der Waals surface area (Å²) in [6.07, 6.45) is -8.30. The SMILES string of the molecule is O=C(Nc1ccc(OC(F)(F)F)cc1)N1CC(c2ncc(C(F)(F)F)cn2)C(c2ccc(F)cc2)=N1. The minimum absolute atomic E-state index is 0.0463. The average Bonchev–Trinajstić information content (AvgIpc) is 3.25. The molecule has 188 valence electrons. The number of halogens is 7. The quantitative estimate of drug-likeness (QED) is 0.463. The van der Waals surface area contributed by atoms with Crippen molar-refractivity contribution in [3.8, 4) is 5.75 Å². The Morgan fingerprint density at radius 1 is 0.944 bits per heavy atom. The summed E-state index contributed by atoms with van der Waals surface area (Å²) in [6.45, 7) is -0.167. The van der Waals surface area contributed by atoms with Gasteiger partial charge >= 0.3 is 18.6 Å². The normalized spacial score (nSPS) is 16.0. The molecule has 1 unspecified atom stereocenters. The van der Waals surface area contributed by atoms with Crippen LogP contribution in [0, 0.1) is 5.82 Å². The fourth-order valence-corrected chi connectivity index (χ4v) is 3.30. The highest BCUT2D eigenvalue weighted by Gasteiger charge is 2.36. The van der Waals surface area contributed by atoms with E-state index in [4.69, 9.17) is 0 Å². The molecular weight excluding hydrogens is 499 g/mol. The smallest absolute Gasteiger partial charge is 0.406 e. The van der Waals surface area contributed by atoms with E-state index in [0.29, 0.717) is 18.0 Å². The first kappa shape index (κ1) is 24.9. The van der Waals surface area contributed by atoms with Crippen LogP contribution in [0.4, 0.5) is 41.2 Å². The first-order valence-corrected chi connectivity index (χ1v) is 10.1. The number of carbonyl (C=O) groups is 1. The highest BCUT2D eigenvalue weighted by molar-refractivity contribution is 6.07. The maximum absolute atomic E-state index is 13.4. The lowest BCUT2D eigenvalue weighted by atomic mass is 9.96. The average molecular weight is 513 g/mol. The van der Waals surface area contributed by atoms with Gasteiger partial charge < -0.3 is 10.1 Å². The predicted octanol–water partition coefficient (Wildman–Crippen LogP) is 5.57. The van der Waals surface area contributed by atoms with Crippen LogP contribution in [0.15, 0.2) is 66.0 Å². The Hall–Kier alpha value is -4.23. The Morgan fingerprint density at radius 2 is 1.56 bits per heavy atom. The van der Waals surface area contributed by atoms with Gasteiger partial charge in [0, 0.05) is 18.1 Å². The van der Waals surface area contributed by atoms with Crippen LogP contribution >= 0.6 is 0 Å². The summed E-state index contributed by atoms with van der Waals surface area (Å²) < 4.78 is 92.8. The first-order chi connectivity index (χ1) is 16.9. The fraction of sp³-hybridized carbons (Fsp3) is 0.182. The molecule has 1 atom stereocenters. The number of carbonyl (C=O) groups excluding carboxylic acids is 1. The molecule has 0 saturated carbocycles. The molecule has 2 aromatic carbocycles. The van der Waals surface area contributed by atoms with Crippen LogP contribution in [0.3, 0.4) is 0 Å². The molecule has 36 heavy (non-hydrogen) atoms. The van der Waals surface area contributed by atoms with Crippen molar-refractivity contribution in [2.45, 2.75) is 18.5 Å². The third-order valence-corrected chi connectivity index (χ3v) is 4.94. The number of ether oxygens (including phenoxy) is 1. The number of hydrazone groups is 1. The van der Waals surface area contributed by atoms with E-state index in [0.717, 1.165) is 29.3 Å². The second kappa shape index (κ2) is 9.43. The molecule has 3 aromatic rings. The lowest BCUT2D eigenvalue weighted by molar-refractivity contribution is -0.274. The zero-order chi connectivity index (χ0) is 26.1. The zero-order valence-electron chi connectivity index (χ0n) is 17.8. The van der Waals surface area contributed by atoms with Crippen LogP contribution in [0.1, 0.15) is 22.9 Å². The van der Waals surface area contributed by atoms with Gasteiger partial charge in [-0.05, 0) is 42.0 Å². The molecule has 4 rings (SSSR count). The van der Waals surface area contributed by atoms with Gasteiger partial charge in [-0.25, -0.2) is 24.2 Å². The van der Waals surface area contributed by atoms with Crippen LogP contribution in [-0.4, -0.2) is 39.6 Å².